The van der Waals surface area contributed by atoms with Gasteiger partial charge in [0.25, 0.3) is 0 Å². The summed E-state index contributed by atoms with van der Waals surface area (Å²) in [6.07, 6.45) is 5.09. The lowest BCUT2D eigenvalue weighted by Gasteiger charge is -2.22. The summed E-state index contributed by atoms with van der Waals surface area (Å²) in [6, 6.07) is 7.97. The van der Waals surface area contributed by atoms with E-state index in [0.717, 1.165) is 41.7 Å². The molecule has 0 aliphatic carbocycles. The molecule has 1 N–H and O–H groups in total. The van der Waals surface area contributed by atoms with Gasteiger partial charge in [-0.25, -0.2) is 4.98 Å². The molecule has 6 heteroatoms. The van der Waals surface area contributed by atoms with E-state index in [4.69, 9.17) is 14.5 Å². The topological polar surface area (TPSA) is 59.5 Å². The monoisotopic (exact) mass is 356 g/mol. The van der Waals surface area contributed by atoms with Crippen molar-refractivity contribution in [3.05, 3.63) is 35.5 Å². The van der Waals surface area contributed by atoms with Crippen molar-refractivity contribution in [3.63, 3.8) is 0 Å². The number of anilines is 2. The van der Waals surface area contributed by atoms with Gasteiger partial charge < -0.3 is 19.7 Å². The van der Waals surface area contributed by atoms with Gasteiger partial charge in [0.05, 0.1) is 14.2 Å². The minimum Gasteiger partial charge on any atom is -0.493 e. The largest absolute Gasteiger partial charge is 0.493 e. The van der Waals surface area contributed by atoms with Gasteiger partial charge in [-0.05, 0) is 37.5 Å². The van der Waals surface area contributed by atoms with E-state index in [9.17, 15) is 0 Å². The summed E-state index contributed by atoms with van der Waals surface area (Å²) in [4.78, 5) is 11.7. The zero-order chi connectivity index (χ0) is 18.4. The number of hydrogen-bond acceptors (Lipinski definition) is 6. The van der Waals surface area contributed by atoms with Crippen molar-refractivity contribution in [2.24, 2.45) is 0 Å². The van der Waals surface area contributed by atoms with Crippen molar-refractivity contribution in [3.8, 4) is 11.5 Å². The van der Waals surface area contributed by atoms with Crippen LogP contribution >= 0.6 is 0 Å². The number of aryl methyl sites for hydroxylation is 1. The van der Waals surface area contributed by atoms with Gasteiger partial charge in [-0.3, -0.25) is 0 Å². The number of benzene rings is 1. The normalized spacial score (nSPS) is 14.7. The van der Waals surface area contributed by atoms with E-state index in [1.807, 2.05) is 25.1 Å². The van der Waals surface area contributed by atoms with Crippen LogP contribution in [0.1, 0.15) is 36.9 Å². The van der Waals surface area contributed by atoms with E-state index in [0.29, 0.717) is 12.5 Å². The van der Waals surface area contributed by atoms with Crippen LogP contribution in [0.15, 0.2) is 24.3 Å². The average Bonchev–Trinajstić information content (AvgIpc) is 2.95. The molecule has 1 fully saturated rings. The first-order valence-corrected chi connectivity index (χ1v) is 9.25. The fraction of sp³-hybridized carbons (Fsp3) is 0.500. The molecule has 1 aliphatic rings. The zero-order valence-corrected chi connectivity index (χ0v) is 15.9. The third kappa shape index (κ3) is 4.56. The molecule has 26 heavy (non-hydrogen) atoms. The van der Waals surface area contributed by atoms with E-state index < -0.39 is 0 Å². The Labute approximate surface area is 155 Å². The minimum atomic E-state index is 0.628. The smallest absolute Gasteiger partial charge is 0.225 e. The minimum absolute atomic E-state index is 0.628. The van der Waals surface area contributed by atoms with E-state index >= 15 is 0 Å². The Balaban J connectivity index is 1.71. The highest BCUT2D eigenvalue weighted by atomic mass is 16.5. The zero-order valence-electron chi connectivity index (χ0n) is 15.9. The summed E-state index contributed by atoms with van der Waals surface area (Å²) in [5.74, 6) is 3.14. The molecular weight excluding hydrogens is 328 g/mol. The maximum atomic E-state index is 5.37. The molecule has 0 radical (unpaired) electrons. The number of ether oxygens (including phenoxy) is 2. The molecule has 0 bridgehead atoms. The number of nitrogens with zero attached hydrogens (tertiary/aromatic N) is 3. The SMILES string of the molecule is COc1ccc(CNc2nc(C)cc(N3CCCCCC3)n2)cc1OC. The van der Waals surface area contributed by atoms with Crippen molar-refractivity contribution < 1.29 is 9.47 Å². The molecule has 3 rings (SSSR count). The van der Waals surface area contributed by atoms with E-state index in [-0.39, 0.29) is 0 Å². The molecular formula is C20H28N4O2. The number of hydrogen-bond donors (Lipinski definition) is 1. The maximum absolute atomic E-state index is 5.37. The Morgan fingerprint density at radius 1 is 0.962 bits per heavy atom. The van der Waals surface area contributed by atoms with Crippen LogP contribution in [0.3, 0.4) is 0 Å². The Bertz CT molecular complexity index is 728. The lowest BCUT2D eigenvalue weighted by Crippen LogP contribution is -2.25. The molecule has 2 heterocycles. The standard InChI is InChI=1S/C20H28N4O2/c1-15-12-19(24-10-6-4-5-7-11-24)23-20(22-15)21-14-16-8-9-17(25-2)18(13-16)26-3/h8-9,12-13H,4-7,10-11,14H2,1-3H3,(H,21,22,23). The molecule has 1 saturated heterocycles. The number of aromatic nitrogens is 2. The second kappa shape index (κ2) is 8.74. The quantitative estimate of drug-likeness (QED) is 0.850. The van der Waals surface area contributed by atoms with Crippen LogP contribution in [0.5, 0.6) is 11.5 Å². The molecule has 0 saturated carbocycles. The van der Waals surface area contributed by atoms with Gasteiger partial charge in [-0.1, -0.05) is 18.9 Å². The lowest BCUT2D eigenvalue weighted by atomic mass is 10.2. The van der Waals surface area contributed by atoms with Crippen LogP contribution in [-0.2, 0) is 6.54 Å². The second-order valence-corrected chi connectivity index (χ2v) is 6.64. The predicted octanol–water partition coefficient (Wildman–Crippen LogP) is 3.79. The number of nitrogens with one attached hydrogen (secondary N) is 1. The van der Waals surface area contributed by atoms with E-state index in [1.165, 1.54) is 25.7 Å². The van der Waals surface area contributed by atoms with Crippen LogP contribution in [0, 0.1) is 6.92 Å². The van der Waals surface area contributed by atoms with Gasteiger partial charge >= 0.3 is 0 Å². The van der Waals surface area contributed by atoms with Gasteiger partial charge in [0, 0.05) is 31.4 Å². The van der Waals surface area contributed by atoms with Crippen molar-refractivity contribution in [2.75, 3.05) is 37.5 Å². The first-order chi connectivity index (χ1) is 12.7. The maximum Gasteiger partial charge on any atom is 0.225 e. The molecule has 2 aromatic rings. The number of methoxy groups -OCH3 is 2. The summed E-state index contributed by atoms with van der Waals surface area (Å²) >= 11 is 0. The highest BCUT2D eigenvalue weighted by Gasteiger charge is 2.13. The Kier molecular flexibility index (Phi) is 6.15. The fourth-order valence-corrected chi connectivity index (χ4v) is 3.26. The fourth-order valence-electron chi connectivity index (χ4n) is 3.26. The third-order valence-corrected chi connectivity index (χ3v) is 4.67. The molecule has 1 aliphatic heterocycles. The molecule has 0 unspecified atom stereocenters. The molecule has 0 spiro atoms. The summed E-state index contributed by atoms with van der Waals surface area (Å²) in [5.41, 5.74) is 2.07. The first-order valence-electron chi connectivity index (χ1n) is 9.25. The molecule has 1 aromatic heterocycles. The predicted molar refractivity (Wildman–Crippen MR) is 104 cm³/mol. The summed E-state index contributed by atoms with van der Waals surface area (Å²) in [6.45, 7) is 4.80. The van der Waals surface area contributed by atoms with Gasteiger partial charge in [0.1, 0.15) is 5.82 Å². The Hall–Kier alpha value is -2.50. The van der Waals surface area contributed by atoms with Gasteiger partial charge in [-0.15, -0.1) is 0 Å². The van der Waals surface area contributed by atoms with Crippen LogP contribution < -0.4 is 19.7 Å². The highest BCUT2D eigenvalue weighted by Crippen LogP contribution is 2.28. The van der Waals surface area contributed by atoms with Gasteiger partial charge in [0.2, 0.25) is 5.95 Å². The average molecular weight is 356 g/mol. The Morgan fingerprint density at radius 3 is 2.38 bits per heavy atom. The van der Waals surface area contributed by atoms with Crippen molar-refractivity contribution >= 4 is 11.8 Å². The lowest BCUT2D eigenvalue weighted by molar-refractivity contribution is 0.354. The summed E-state index contributed by atoms with van der Waals surface area (Å²) in [7, 11) is 3.28. The van der Waals surface area contributed by atoms with Crippen molar-refractivity contribution in [2.45, 2.75) is 39.2 Å². The summed E-state index contributed by atoms with van der Waals surface area (Å²) < 4.78 is 10.7. The van der Waals surface area contributed by atoms with Crippen molar-refractivity contribution in [1.82, 2.24) is 9.97 Å². The summed E-state index contributed by atoms with van der Waals surface area (Å²) in [5, 5.41) is 3.34. The van der Waals surface area contributed by atoms with Crippen LogP contribution in [-0.4, -0.2) is 37.3 Å². The van der Waals surface area contributed by atoms with Gasteiger partial charge in [0.15, 0.2) is 11.5 Å². The third-order valence-electron chi connectivity index (χ3n) is 4.67. The molecule has 1 aromatic carbocycles. The van der Waals surface area contributed by atoms with E-state index in [1.54, 1.807) is 14.2 Å². The van der Waals surface area contributed by atoms with Gasteiger partial charge in [-0.2, -0.15) is 4.98 Å². The molecule has 0 atom stereocenters. The first kappa shape index (κ1) is 18.3. The molecule has 0 amide bonds. The van der Waals surface area contributed by atoms with E-state index in [2.05, 4.69) is 21.3 Å². The Morgan fingerprint density at radius 2 is 1.69 bits per heavy atom. The number of rotatable bonds is 6. The molecule has 6 nitrogen and oxygen atoms in total. The van der Waals surface area contributed by atoms with Crippen LogP contribution in [0.2, 0.25) is 0 Å². The second-order valence-electron chi connectivity index (χ2n) is 6.64. The van der Waals surface area contributed by atoms with Crippen molar-refractivity contribution in [1.29, 1.82) is 0 Å². The highest BCUT2D eigenvalue weighted by molar-refractivity contribution is 5.46. The van der Waals surface area contributed by atoms with Crippen LogP contribution in [0.25, 0.3) is 0 Å². The molecule has 140 valence electrons. The van der Waals surface area contributed by atoms with Crippen LogP contribution in [0.4, 0.5) is 11.8 Å².